The fraction of sp³-hybridized carbons (Fsp3) is 0.900. The Morgan fingerprint density at radius 2 is 2.14 bits per heavy atom. The summed E-state index contributed by atoms with van der Waals surface area (Å²) < 4.78 is 0. The second-order valence-corrected chi connectivity index (χ2v) is 4.51. The van der Waals surface area contributed by atoms with Crippen LogP contribution < -0.4 is 5.32 Å². The Morgan fingerprint density at radius 1 is 1.50 bits per heavy atom. The zero-order valence-electron chi connectivity index (χ0n) is 9.35. The monoisotopic (exact) mass is 264 g/mol. The quantitative estimate of drug-likeness (QED) is 0.560. The summed E-state index contributed by atoms with van der Waals surface area (Å²) in [5.74, 6) is 0.133. The number of carbonyl (C=O) groups is 1. The average molecular weight is 265 g/mol. The molecule has 0 saturated carbocycles. The van der Waals surface area contributed by atoms with E-state index in [4.69, 9.17) is 0 Å². The lowest BCUT2D eigenvalue weighted by Crippen LogP contribution is -2.31. The number of carbonyl (C=O) groups excluding carboxylic acids is 1. The molecule has 0 aromatic carbocycles. The second kappa shape index (κ2) is 8.24. The molecule has 3 nitrogen and oxygen atoms in total. The summed E-state index contributed by atoms with van der Waals surface area (Å²) in [6.45, 7) is 6.15. The van der Waals surface area contributed by atoms with Gasteiger partial charge >= 0.3 is 0 Å². The standard InChI is InChI=1S/C10H21BrN2O/c1-9(2)13(3)8-4-7-12-10(14)5-6-11/h9H,4-8H2,1-3H3,(H,12,14). The van der Waals surface area contributed by atoms with Crippen molar-refractivity contribution < 1.29 is 4.79 Å². The second-order valence-electron chi connectivity index (χ2n) is 3.72. The van der Waals surface area contributed by atoms with Gasteiger partial charge in [0.2, 0.25) is 5.91 Å². The van der Waals surface area contributed by atoms with E-state index >= 15 is 0 Å². The fourth-order valence-corrected chi connectivity index (χ4v) is 1.35. The molecule has 0 spiro atoms. The van der Waals surface area contributed by atoms with Crippen LogP contribution in [0, 0.1) is 0 Å². The molecule has 4 heteroatoms. The summed E-state index contributed by atoms with van der Waals surface area (Å²) in [4.78, 5) is 13.3. The zero-order valence-corrected chi connectivity index (χ0v) is 10.9. The van der Waals surface area contributed by atoms with Crippen LogP contribution in [0.1, 0.15) is 26.7 Å². The number of alkyl halides is 1. The molecule has 0 unspecified atom stereocenters. The lowest BCUT2D eigenvalue weighted by molar-refractivity contribution is -0.120. The molecule has 0 fully saturated rings. The van der Waals surface area contributed by atoms with E-state index in [0.29, 0.717) is 12.5 Å². The zero-order chi connectivity index (χ0) is 11.0. The maximum atomic E-state index is 11.1. The first-order valence-corrected chi connectivity index (χ1v) is 6.23. The van der Waals surface area contributed by atoms with E-state index in [9.17, 15) is 4.79 Å². The maximum Gasteiger partial charge on any atom is 0.220 e. The van der Waals surface area contributed by atoms with Gasteiger partial charge in [-0.15, -0.1) is 0 Å². The van der Waals surface area contributed by atoms with E-state index in [1.165, 1.54) is 0 Å². The van der Waals surface area contributed by atoms with E-state index in [-0.39, 0.29) is 5.91 Å². The first-order chi connectivity index (χ1) is 6.57. The third-order valence-electron chi connectivity index (χ3n) is 2.21. The van der Waals surface area contributed by atoms with Crippen LogP contribution in [0.4, 0.5) is 0 Å². The SMILES string of the molecule is CC(C)N(C)CCCNC(=O)CCBr. The highest BCUT2D eigenvalue weighted by molar-refractivity contribution is 9.09. The first-order valence-electron chi connectivity index (χ1n) is 5.10. The highest BCUT2D eigenvalue weighted by Gasteiger charge is 2.02. The minimum Gasteiger partial charge on any atom is -0.356 e. The highest BCUT2D eigenvalue weighted by Crippen LogP contribution is 1.94. The van der Waals surface area contributed by atoms with Gasteiger partial charge in [0.25, 0.3) is 0 Å². The third kappa shape index (κ3) is 7.33. The van der Waals surface area contributed by atoms with Crippen molar-refractivity contribution in [2.75, 3.05) is 25.5 Å². The van der Waals surface area contributed by atoms with Crippen LogP contribution in [0.25, 0.3) is 0 Å². The lowest BCUT2D eigenvalue weighted by atomic mass is 10.3. The molecule has 0 aliphatic heterocycles. The predicted octanol–water partition coefficient (Wildman–Crippen LogP) is 1.62. The fourth-order valence-electron chi connectivity index (χ4n) is 0.989. The van der Waals surface area contributed by atoms with E-state index in [0.717, 1.165) is 24.8 Å². The molecule has 0 heterocycles. The summed E-state index contributed by atoms with van der Waals surface area (Å²) in [6.07, 6.45) is 1.59. The van der Waals surface area contributed by atoms with Gasteiger partial charge in [-0.2, -0.15) is 0 Å². The first kappa shape index (κ1) is 13.9. The number of hydrogen-bond donors (Lipinski definition) is 1. The molecule has 1 N–H and O–H groups in total. The number of halogens is 1. The van der Waals surface area contributed by atoms with Gasteiger partial charge in [0.15, 0.2) is 0 Å². The minimum absolute atomic E-state index is 0.133. The molecular weight excluding hydrogens is 244 g/mol. The minimum atomic E-state index is 0.133. The van der Waals surface area contributed by atoms with Gasteiger partial charge in [0.05, 0.1) is 0 Å². The molecule has 0 aliphatic rings. The van der Waals surface area contributed by atoms with Crippen LogP contribution in [0.15, 0.2) is 0 Å². The van der Waals surface area contributed by atoms with Gasteiger partial charge in [-0.25, -0.2) is 0 Å². The molecule has 0 radical (unpaired) electrons. The molecule has 0 aromatic heterocycles. The van der Waals surface area contributed by atoms with Crippen molar-refractivity contribution in [3.63, 3.8) is 0 Å². The maximum absolute atomic E-state index is 11.1. The molecule has 14 heavy (non-hydrogen) atoms. The third-order valence-corrected chi connectivity index (χ3v) is 2.61. The van der Waals surface area contributed by atoms with E-state index < -0.39 is 0 Å². The Labute approximate surface area is 95.4 Å². The van der Waals surface area contributed by atoms with Crippen LogP contribution in [0.3, 0.4) is 0 Å². The van der Waals surface area contributed by atoms with Crippen LogP contribution in [0.2, 0.25) is 0 Å². The van der Waals surface area contributed by atoms with Crippen molar-refractivity contribution in [2.24, 2.45) is 0 Å². The van der Waals surface area contributed by atoms with Crippen molar-refractivity contribution in [3.8, 4) is 0 Å². The number of nitrogens with one attached hydrogen (secondary N) is 1. The Kier molecular flexibility index (Phi) is 8.18. The Morgan fingerprint density at radius 3 is 2.64 bits per heavy atom. The molecule has 0 bridgehead atoms. The van der Waals surface area contributed by atoms with Crippen molar-refractivity contribution in [3.05, 3.63) is 0 Å². The van der Waals surface area contributed by atoms with E-state index in [1.807, 2.05) is 0 Å². The molecule has 1 amide bonds. The molecule has 0 aromatic rings. The molecule has 0 atom stereocenters. The number of hydrogen-bond acceptors (Lipinski definition) is 2. The lowest BCUT2D eigenvalue weighted by Gasteiger charge is -2.20. The van der Waals surface area contributed by atoms with Crippen LogP contribution in [-0.4, -0.2) is 42.3 Å². The number of nitrogens with zero attached hydrogens (tertiary/aromatic N) is 1. The molecular formula is C10H21BrN2O. The van der Waals surface area contributed by atoms with Gasteiger partial charge in [-0.1, -0.05) is 15.9 Å². The van der Waals surface area contributed by atoms with E-state index in [1.54, 1.807) is 0 Å². The van der Waals surface area contributed by atoms with Gasteiger partial charge < -0.3 is 10.2 Å². The summed E-state index contributed by atoms with van der Waals surface area (Å²) >= 11 is 3.23. The summed E-state index contributed by atoms with van der Waals surface area (Å²) in [5.41, 5.74) is 0. The Balaban J connectivity index is 3.33. The highest BCUT2D eigenvalue weighted by atomic mass is 79.9. The molecule has 0 aliphatic carbocycles. The number of rotatable bonds is 7. The van der Waals surface area contributed by atoms with Crippen molar-refractivity contribution in [1.29, 1.82) is 0 Å². The van der Waals surface area contributed by atoms with E-state index in [2.05, 4.69) is 47.0 Å². The van der Waals surface area contributed by atoms with Crippen LogP contribution in [-0.2, 0) is 4.79 Å². The molecule has 0 rings (SSSR count). The van der Waals surface area contributed by atoms with Gasteiger partial charge in [0, 0.05) is 24.3 Å². The largest absolute Gasteiger partial charge is 0.356 e. The molecule has 84 valence electrons. The van der Waals surface area contributed by atoms with Crippen LogP contribution in [0.5, 0.6) is 0 Å². The normalized spacial score (nSPS) is 11.0. The molecule has 0 saturated heterocycles. The van der Waals surface area contributed by atoms with Gasteiger partial charge in [-0.05, 0) is 33.9 Å². The van der Waals surface area contributed by atoms with Crippen LogP contribution >= 0.6 is 15.9 Å². The topological polar surface area (TPSA) is 32.3 Å². The van der Waals surface area contributed by atoms with Crippen molar-refractivity contribution >= 4 is 21.8 Å². The summed E-state index contributed by atoms with van der Waals surface area (Å²) in [6, 6.07) is 0.577. The predicted molar refractivity (Wildman–Crippen MR) is 63.8 cm³/mol. The van der Waals surface area contributed by atoms with Crippen molar-refractivity contribution in [1.82, 2.24) is 10.2 Å². The Hall–Kier alpha value is -0.0900. The average Bonchev–Trinajstić information content (AvgIpc) is 2.12. The smallest absolute Gasteiger partial charge is 0.220 e. The summed E-state index contributed by atoms with van der Waals surface area (Å²) in [7, 11) is 2.10. The van der Waals surface area contributed by atoms with Crippen molar-refractivity contribution in [2.45, 2.75) is 32.7 Å². The Bertz CT molecular complexity index is 162. The van der Waals surface area contributed by atoms with Gasteiger partial charge in [-0.3, -0.25) is 4.79 Å². The summed E-state index contributed by atoms with van der Waals surface area (Å²) in [5, 5.41) is 3.62. The van der Waals surface area contributed by atoms with Gasteiger partial charge in [0.1, 0.15) is 0 Å². The number of amides is 1.